The van der Waals surface area contributed by atoms with Crippen LogP contribution in [0.2, 0.25) is 0 Å². The average Bonchev–Trinajstić information content (AvgIpc) is 2.51. The van der Waals surface area contributed by atoms with Gasteiger partial charge in [0, 0.05) is 28.2 Å². The minimum absolute atomic E-state index is 0.0314. The van der Waals surface area contributed by atoms with Crippen LogP contribution in [0.3, 0.4) is 0 Å². The molecule has 23 heavy (non-hydrogen) atoms. The van der Waals surface area contributed by atoms with Gasteiger partial charge in [0.15, 0.2) is 0 Å². The number of aryl methyl sites for hydroxylation is 1. The molecule has 0 saturated heterocycles. The highest BCUT2D eigenvalue weighted by atomic mass is 127. The van der Waals surface area contributed by atoms with Crippen molar-refractivity contribution in [3.8, 4) is 0 Å². The SMILES string of the molecule is Cc1cccc(C(=O)Nc2ccc(SC(=O)N(C)C)cc2)c1I. The van der Waals surface area contributed by atoms with Crippen LogP contribution in [-0.4, -0.2) is 30.1 Å². The molecule has 6 heteroatoms. The Bertz CT molecular complexity index is 730. The lowest BCUT2D eigenvalue weighted by Gasteiger charge is -2.10. The van der Waals surface area contributed by atoms with Gasteiger partial charge in [0.1, 0.15) is 0 Å². The van der Waals surface area contributed by atoms with E-state index in [0.717, 1.165) is 25.8 Å². The molecule has 0 radical (unpaired) electrons. The number of rotatable bonds is 3. The fraction of sp³-hybridized carbons (Fsp3) is 0.176. The van der Waals surface area contributed by atoms with Crippen LogP contribution in [0.15, 0.2) is 47.4 Å². The number of nitrogens with one attached hydrogen (secondary N) is 1. The first-order valence-corrected chi connectivity index (χ1v) is 8.83. The largest absolute Gasteiger partial charge is 0.339 e. The van der Waals surface area contributed by atoms with Crippen LogP contribution in [0.5, 0.6) is 0 Å². The number of thioether (sulfide) groups is 1. The van der Waals surface area contributed by atoms with E-state index in [9.17, 15) is 9.59 Å². The third kappa shape index (κ3) is 4.71. The molecule has 0 aliphatic heterocycles. The van der Waals surface area contributed by atoms with E-state index in [-0.39, 0.29) is 11.1 Å². The maximum absolute atomic E-state index is 12.4. The van der Waals surface area contributed by atoms with Gasteiger partial charge < -0.3 is 10.2 Å². The van der Waals surface area contributed by atoms with Gasteiger partial charge in [-0.15, -0.1) is 0 Å². The van der Waals surface area contributed by atoms with E-state index in [1.54, 1.807) is 26.2 Å². The fourth-order valence-corrected chi connectivity index (χ4v) is 3.08. The number of anilines is 1. The Morgan fingerprint density at radius 2 is 1.74 bits per heavy atom. The maximum Gasteiger partial charge on any atom is 0.285 e. The molecule has 120 valence electrons. The predicted octanol–water partition coefficient (Wildman–Crippen LogP) is 4.63. The molecule has 2 rings (SSSR count). The molecule has 0 aliphatic rings. The Hall–Kier alpha value is -1.54. The van der Waals surface area contributed by atoms with E-state index in [1.807, 2.05) is 37.3 Å². The zero-order chi connectivity index (χ0) is 17.0. The lowest BCUT2D eigenvalue weighted by Crippen LogP contribution is -2.16. The Morgan fingerprint density at radius 3 is 2.35 bits per heavy atom. The number of carbonyl (C=O) groups is 2. The number of amides is 2. The first-order valence-electron chi connectivity index (χ1n) is 6.94. The summed E-state index contributed by atoms with van der Waals surface area (Å²) in [6.07, 6.45) is 0. The number of carbonyl (C=O) groups excluding carboxylic acids is 2. The van der Waals surface area contributed by atoms with Crippen LogP contribution in [0.4, 0.5) is 10.5 Å². The van der Waals surface area contributed by atoms with Gasteiger partial charge in [0.2, 0.25) is 0 Å². The highest BCUT2D eigenvalue weighted by Gasteiger charge is 2.12. The molecule has 0 aliphatic carbocycles. The second kappa shape index (κ2) is 7.83. The van der Waals surface area contributed by atoms with Gasteiger partial charge in [-0.1, -0.05) is 12.1 Å². The molecule has 0 atom stereocenters. The van der Waals surface area contributed by atoms with Gasteiger partial charge in [-0.05, 0) is 77.2 Å². The monoisotopic (exact) mass is 440 g/mol. The summed E-state index contributed by atoms with van der Waals surface area (Å²) in [4.78, 5) is 26.4. The van der Waals surface area contributed by atoms with Gasteiger partial charge >= 0.3 is 0 Å². The highest BCUT2D eigenvalue weighted by Crippen LogP contribution is 2.23. The van der Waals surface area contributed by atoms with Crippen molar-refractivity contribution >= 4 is 51.2 Å². The van der Waals surface area contributed by atoms with Crippen molar-refractivity contribution in [2.24, 2.45) is 0 Å². The van der Waals surface area contributed by atoms with E-state index in [1.165, 1.54) is 4.90 Å². The predicted molar refractivity (Wildman–Crippen MR) is 103 cm³/mol. The number of hydrogen-bond acceptors (Lipinski definition) is 3. The quantitative estimate of drug-likeness (QED) is 0.560. The summed E-state index contributed by atoms with van der Waals surface area (Å²) >= 11 is 3.33. The molecule has 2 aromatic rings. The number of nitrogens with zero attached hydrogens (tertiary/aromatic N) is 1. The summed E-state index contributed by atoms with van der Waals surface area (Å²) in [6.45, 7) is 1.98. The second-order valence-electron chi connectivity index (χ2n) is 5.18. The molecule has 0 heterocycles. The van der Waals surface area contributed by atoms with E-state index < -0.39 is 0 Å². The second-order valence-corrected chi connectivity index (χ2v) is 7.28. The molecule has 4 nitrogen and oxygen atoms in total. The first kappa shape index (κ1) is 17.8. The Kier molecular flexibility index (Phi) is 6.06. The van der Waals surface area contributed by atoms with Crippen molar-refractivity contribution < 1.29 is 9.59 Å². The van der Waals surface area contributed by atoms with E-state index in [0.29, 0.717) is 11.3 Å². The molecule has 0 unspecified atom stereocenters. The molecule has 0 saturated carbocycles. The van der Waals surface area contributed by atoms with Gasteiger partial charge in [-0.3, -0.25) is 9.59 Å². The van der Waals surface area contributed by atoms with Crippen molar-refractivity contribution in [1.29, 1.82) is 0 Å². The van der Waals surface area contributed by atoms with Crippen LogP contribution in [0.1, 0.15) is 15.9 Å². The third-order valence-electron chi connectivity index (χ3n) is 3.12. The molecule has 0 fully saturated rings. The van der Waals surface area contributed by atoms with Crippen LogP contribution in [0.25, 0.3) is 0 Å². The molecular formula is C17H17IN2O2S. The molecule has 0 aromatic heterocycles. The summed E-state index contributed by atoms with van der Waals surface area (Å²) < 4.78 is 0.950. The van der Waals surface area contributed by atoms with E-state index in [2.05, 4.69) is 27.9 Å². The average molecular weight is 440 g/mol. The molecular weight excluding hydrogens is 423 g/mol. The molecule has 1 N–H and O–H groups in total. The highest BCUT2D eigenvalue weighted by molar-refractivity contribution is 14.1. The fourth-order valence-electron chi connectivity index (χ4n) is 1.82. The van der Waals surface area contributed by atoms with Crippen molar-refractivity contribution in [2.75, 3.05) is 19.4 Å². The van der Waals surface area contributed by atoms with Gasteiger partial charge in [-0.25, -0.2) is 0 Å². The van der Waals surface area contributed by atoms with Crippen molar-refractivity contribution in [1.82, 2.24) is 4.90 Å². The normalized spacial score (nSPS) is 10.3. The first-order chi connectivity index (χ1) is 10.9. The topological polar surface area (TPSA) is 49.4 Å². The summed E-state index contributed by atoms with van der Waals surface area (Å²) in [5.74, 6) is -0.136. The lowest BCUT2D eigenvalue weighted by atomic mass is 10.1. The van der Waals surface area contributed by atoms with Crippen LogP contribution in [-0.2, 0) is 0 Å². The number of benzene rings is 2. The van der Waals surface area contributed by atoms with Crippen LogP contribution < -0.4 is 5.32 Å². The summed E-state index contributed by atoms with van der Waals surface area (Å²) in [5.41, 5.74) is 2.44. The molecule has 0 spiro atoms. The lowest BCUT2D eigenvalue weighted by molar-refractivity contribution is 0.102. The minimum Gasteiger partial charge on any atom is -0.339 e. The minimum atomic E-state index is -0.136. The number of hydrogen-bond donors (Lipinski definition) is 1. The standard InChI is InChI=1S/C17H17IN2O2S/c1-11-5-4-6-14(15(11)18)16(21)19-12-7-9-13(10-8-12)23-17(22)20(2)3/h4-10H,1-3H3,(H,19,21). The molecule has 2 aromatic carbocycles. The summed E-state index contributed by atoms with van der Waals surface area (Å²) in [6, 6.07) is 12.9. The Balaban J connectivity index is 2.07. The summed E-state index contributed by atoms with van der Waals surface area (Å²) in [5, 5.41) is 2.85. The third-order valence-corrected chi connectivity index (χ3v) is 5.60. The van der Waals surface area contributed by atoms with Crippen LogP contribution in [0, 0.1) is 10.5 Å². The Labute approximate surface area is 153 Å². The maximum atomic E-state index is 12.4. The number of halogens is 1. The zero-order valence-corrected chi connectivity index (χ0v) is 16.1. The van der Waals surface area contributed by atoms with Crippen molar-refractivity contribution in [2.45, 2.75) is 11.8 Å². The zero-order valence-electron chi connectivity index (χ0n) is 13.1. The van der Waals surface area contributed by atoms with E-state index >= 15 is 0 Å². The smallest absolute Gasteiger partial charge is 0.285 e. The van der Waals surface area contributed by atoms with Crippen molar-refractivity contribution in [3.05, 3.63) is 57.2 Å². The Morgan fingerprint density at radius 1 is 1.09 bits per heavy atom. The van der Waals surface area contributed by atoms with Gasteiger partial charge in [0.25, 0.3) is 11.1 Å². The van der Waals surface area contributed by atoms with Gasteiger partial charge in [-0.2, -0.15) is 0 Å². The summed E-state index contributed by atoms with van der Waals surface area (Å²) in [7, 11) is 3.43. The van der Waals surface area contributed by atoms with Crippen LogP contribution >= 0.6 is 34.4 Å². The van der Waals surface area contributed by atoms with Crippen molar-refractivity contribution in [3.63, 3.8) is 0 Å². The molecule has 2 amide bonds. The molecule has 0 bridgehead atoms. The van der Waals surface area contributed by atoms with Gasteiger partial charge in [0.05, 0.1) is 5.56 Å². The van der Waals surface area contributed by atoms with E-state index in [4.69, 9.17) is 0 Å².